The van der Waals surface area contributed by atoms with Gasteiger partial charge in [0.2, 0.25) is 11.8 Å². The lowest BCUT2D eigenvalue weighted by Gasteiger charge is -2.16. The number of ether oxygens (including phenoxy) is 1. The Morgan fingerprint density at radius 3 is 2.69 bits per heavy atom. The summed E-state index contributed by atoms with van der Waals surface area (Å²) in [5, 5.41) is -0.0777. The lowest BCUT2D eigenvalue weighted by molar-refractivity contribution is -0.121. The molecule has 2 amide bonds. The summed E-state index contributed by atoms with van der Waals surface area (Å²) in [6, 6.07) is 7.23. The van der Waals surface area contributed by atoms with Crippen LogP contribution in [0.3, 0.4) is 0 Å². The highest BCUT2D eigenvalue weighted by Gasteiger charge is 2.43. The minimum atomic E-state index is -0.514. The molecule has 0 saturated carbocycles. The predicted octanol–water partition coefficient (Wildman–Crippen LogP) is 3.81. The number of carbonyl (C=O) groups is 3. The smallest absolute Gasteiger partial charge is 0.341 e. The normalized spacial score (nSPS) is 18.8. The molecule has 0 spiro atoms. The second-order valence-corrected chi connectivity index (χ2v) is 9.42. The van der Waals surface area contributed by atoms with Crippen molar-refractivity contribution in [1.82, 2.24) is 0 Å². The molecule has 6 nitrogen and oxygen atoms in total. The largest absolute Gasteiger partial charge is 0.462 e. The molecule has 4 rings (SSSR count). The van der Waals surface area contributed by atoms with Gasteiger partial charge in [0.1, 0.15) is 5.00 Å². The first-order valence-electron chi connectivity index (χ1n) is 9.70. The Morgan fingerprint density at radius 2 is 1.97 bits per heavy atom. The van der Waals surface area contributed by atoms with E-state index in [4.69, 9.17) is 10.5 Å². The number of nitrogen functional groups attached to an aromatic ring is 1. The van der Waals surface area contributed by atoms with E-state index in [9.17, 15) is 14.4 Å². The molecule has 2 heterocycles. The Morgan fingerprint density at radius 1 is 1.24 bits per heavy atom. The number of hydrogen-bond donors (Lipinski definition) is 1. The van der Waals surface area contributed by atoms with Gasteiger partial charge < -0.3 is 10.5 Å². The number of nitrogens with two attached hydrogens (primary N) is 1. The van der Waals surface area contributed by atoms with E-state index in [0.29, 0.717) is 16.3 Å². The third-order valence-corrected chi connectivity index (χ3v) is 7.57. The first-order valence-corrected chi connectivity index (χ1v) is 11.4. The predicted molar refractivity (Wildman–Crippen MR) is 115 cm³/mol. The number of carbonyl (C=O) groups excluding carboxylic acids is 3. The van der Waals surface area contributed by atoms with Gasteiger partial charge in [-0.1, -0.05) is 0 Å². The van der Waals surface area contributed by atoms with Crippen molar-refractivity contribution >= 4 is 51.6 Å². The summed E-state index contributed by atoms with van der Waals surface area (Å²) >= 11 is 2.74. The lowest BCUT2D eigenvalue weighted by Crippen LogP contribution is -2.32. The van der Waals surface area contributed by atoms with Crippen LogP contribution in [0.1, 0.15) is 47.0 Å². The maximum absolute atomic E-state index is 13.1. The van der Waals surface area contributed by atoms with Crippen molar-refractivity contribution < 1.29 is 19.1 Å². The highest BCUT2D eigenvalue weighted by Crippen LogP contribution is 2.44. The van der Waals surface area contributed by atoms with Crippen LogP contribution in [0.25, 0.3) is 0 Å². The Labute approximate surface area is 177 Å². The van der Waals surface area contributed by atoms with Gasteiger partial charge in [0.15, 0.2) is 0 Å². The zero-order valence-corrected chi connectivity index (χ0v) is 17.7. The van der Waals surface area contributed by atoms with Gasteiger partial charge in [-0.15, -0.1) is 23.1 Å². The molecule has 2 aromatic rings. The molecule has 0 radical (unpaired) electrons. The fraction of sp³-hybridized carbons (Fsp3) is 0.381. The maximum Gasteiger partial charge on any atom is 0.341 e. The minimum absolute atomic E-state index is 0.110. The molecule has 1 atom stereocenters. The Balaban J connectivity index is 1.66. The number of fused-ring (bicyclic) bond motifs is 1. The zero-order valence-electron chi connectivity index (χ0n) is 16.1. The van der Waals surface area contributed by atoms with Gasteiger partial charge in [-0.3, -0.25) is 9.59 Å². The summed E-state index contributed by atoms with van der Waals surface area (Å²) in [5.41, 5.74) is 7.72. The lowest BCUT2D eigenvalue weighted by atomic mass is 9.95. The molecule has 0 unspecified atom stereocenters. The van der Waals surface area contributed by atoms with Crippen LogP contribution in [-0.4, -0.2) is 29.6 Å². The van der Waals surface area contributed by atoms with E-state index in [1.54, 1.807) is 19.1 Å². The molecule has 1 fully saturated rings. The molecule has 8 heteroatoms. The van der Waals surface area contributed by atoms with Gasteiger partial charge in [-0.25, -0.2) is 9.69 Å². The van der Waals surface area contributed by atoms with Gasteiger partial charge in [0, 0.05) is 21.9 Å². The van der Waals surface area contributed by atoms with Gasteiger partial charge >= 0.3 is 5.97 Å². The van der Waals surface area contributed by atoms with Crippen molar-refractivity contribution in [1.29, 1.82) is 0 Å². The molecule has 1 aliphatic carbocycles. The van der Waals surface area contributed by atoms with Crippen molar-refractivity contribution in [2.45, 2.75) is 49.2 Å². The number of imide groups is 1. The van der Waals surface area contributed by atoms with E-state index in [2.05, 4.69) is 0 Å². The van der Waals surface area contributed by atoms with E-state index in [1.165, 1.54) is 28.0 Å². The number of nitrogens with zero attached hydrogens (tertiary/aromatic N) is 1. The minimum Gasteiger partial charge on any atom is -0.462 e. The van der Waals surface area contributed by atoms with Gasteiger partial charge in [0.25, 0.3) is 0 Å². The third kappa shape index (κ3) is 3.79. The zero-order chi connectivity index (χ0) is 20.5. The fourth-order valence-electron chi connectivity index (χ4n) is 3.74. The average molecular weight is 431 g/mol. The van der Waals surface area contributed by atoms with Crippen LogP contribution in [0.4, 0.5) is 10.7 Å². The molecule has 29 heavy (non-hydrogen) atoms. The first kappa shape index (κ1) is 20.0. The van der Waals surface area contributed by atoms with Crippen molar-refractivity contribution in [2.75, 3.05) is 17.2 Å². The van der Waals surface area contributed by atoms with Crippen LogP contribution < -0.4 is 10.6 Å². The van der Waals surface area contributed by atoms with Crippen molar-refractivity contribution in [2.24, 2.45) is 0 Å². The summed E-state index contributed by atoms with van der Waals surface area (Å²) in [6.45, 7) is 2.00. The second kappa shape index (κ2) is 8.20. The number of aryl methyl sites for hydroxylation is 1. The SMILES string of the molecule is CCOC(=O)c1c(N2C(=O)C[C@H](Sc3ccc(N)cc3)C2=O)sc2c1CCCC2. The van der Waals surface area contributed by atoms with Gasteiger partial charge in [0.05, 0.1) is 17.4 Å². The molecule has 1 aliphatic heterocycles. The summed E-state index contributed by atoms with van der Waals surface area (Å²) in [4.78, 5) is 41.8. The summed E-state index contributed by atoms with van der Waals surface area (Å²) in [5.74, 6) is -0.995. The highest BCUT2D eigenvalue weighted by molar-refractivity contribution is 8.00. The molecule has 2 N–H and O–H groups in total. The average Bonchev–Trinajstić information content (AvgIpc) is 3.20. The molecule has 2 aliphatic rings. The van der Waals surface area contributed by atoms with E-state index in [-0.39, 0.29) is 24.8 Å². The van der Waals surface area contributed by atoms with Crippen LogP contribution in [0, 0.1) is 0 Å². The van der Waals surface area contributed by atoms with E-state index in [1.807, 2.05) is 12.1 Å². The summed E-state index contributed by atoms with van der Waals surface area (Å²) in [7, 11) is 0. The van der Waals surface area contributed by atoms with Gasteiger partial charge in [-0.05, 0) is 62.4 Å². The van der Waals surface area contributed by atoms with Crippen LogP contribution >= 0.6 is 23.1 Å². The molecule has 0 bridgehead atoms. The molecule has 1 saturated heterocycles. The van der Waals surface area contributed by atoms with E-state index < -0.39 is 11.2 Å². The van der Waals surface area contributed by atoms with Crippen molar-refractivity contribution in [3.05, 3.63) is 40.3 Å². The highest BCUT2D eigenvalue weighted by atomic mass is 32.2. The van der Waals surface area contributed by atoms with Crippen LogP contribution in [0.15, 0.2) is 29.2 Å². The Kier molecular flexibility index (Phi) is 5.65. The van der Waals surface area contributed by atoms with E-state index in [0.717, 1.165) is 41.0 Å². The molecular formula is C21H22N2O4S2. The van der Waals surface area contributed by atoms with Crippen LogP contribution in [0.2, 0.25) is 0 Å². The molecule has 1 aromatic heterocycles. The number of rotatable bonds is 5. The quantitative estimate of drug-likeness (QED) is 0.441. The first-order chi connectivity index (χ1) is 14.0. The molecule has 1 aromatic carbocycles. The van der Waals surface area contributed by atoms with E-state index >= 15 is 0 Å². The molecule has 152 valence electrons. The van der Waals surface area contributed by atoms with Crippen LogP contribution in [-0.2, 0) is 27.2 Å². The number of thiophene rings is 1. The Hall–Kier alpha value is -2.32. The number of benzene rings is 1. The summed E-state index contributed by atoms with van der Waals surface area (Å²) in [6.07, 6.45) is 3.80. The molecular weight excluding hydrogens is 408 g/mol. The van der Waals surface area contributed by atoms with Crippen molar-refractivity contribution in [3.8, 4) is 0 Å². The number of amides is 2. The third-order valence-electron chi connectivity index (χ3n) is 5.10. The monoisotopic (exact) mass is 430 g/mol. The summed E-state index contributed by atoms with van der Waals surface area (Å²) < 4.78 is 5.26. The van der Waals surface area contributed by atoms with Crippen LogP contribution in [0.5, 0.6) is 0 Å². The topological polar surface area (TPSA) is 89.7 Å². The maximum atomic E-state index is 13.1. The van der Waals surface area contributed by atoms with Crippen molar-refractivity contribution in [3.63, 3.8) is 0 Å². The second-order valence-electron chi connectivity index (χ2n) is 7.06. The number of thioether (sulfide) groups is 1. The number of hydrogen-bond acceptors (Lipinski definition) is 7. The Bertz CT molecular complexity index is 968. The number of esters is 1. The standard InChI is InChI=1S/C21H22N2O4S2/c1-2-27-21(26)18-14-5-3-4-6-15(14)29-20(18)23-17(24)11-16(19(23)25)28-13-9-7-12(22)8-10-13/h7-10,16H,2-6,11,22H2,1H3/t16-/m0/s1. The number of anilines is 2. The van der Waals surface area contributed by atoms with Gasteiger partial charge in [-0.2, -0.15) is 0 Å². The fourth-order valence-corrected chi connectivity index (χ4v) is 6.20.